The number of methoxy groups -OCH3 is 1. The summed E-state index contributed by atoms with van der Waals surface area (Å²) >= 11 is 0. The van der Waals surface area contributed by atoms with Crippen molar-refractivity contribution in [3.05, 3.63) is 53.1 Å². The summed E-state index contributed by atoms with van der Waals surface area (Å²) in [5.41, 5.74) is 1.29. The van der Waals surface area contributed by atoms with Crippen molar-refractivity contribution in [3.63, 3.8) is 0 Å². The molecule has 5 rings (SSSR count). The van der Waals surface area contributed by atoms with Crippen molar-refractivity contribution < 1.29 is 37.4 Å². The lowest BCUT2D eigenvalue weighted by molar-refractivity contribution is -0.149. The molecule has 2 amide bonds. The molecule has 232 valence electrons. The third-order valence-corrected chi connectivity index (χ3v) is 9.25. The van der Waals surface area contributed by atoms with Crippen LogP contribution >= 0.6 is 0 Å². The second kappa shape index (κ2) is 13.3. The maximum absolute atomic E-state index is 13.7. The molecule has 2 N–H and O–H groups in total. The van der Waals surface area contributed by atoms with Crippen molar-refractivity contribution in [2.75, 3.05) is 19.0 Å². The highest BCUT2D eigenvalue weighted by Gasteiger charge is 2.51. The summed E-state index contributed by atoms with van der Waals surface area (Å²) in [5, 5.41) is 5.93. The second-order valence-corrected chi connectivity index (χ2v) is 11.9. The van der Waals surface area contributed by atoms with Crippen LogP contribution in [-0.4, -0.2) is 43.6 Å². The summed E-state index contributed by atoms with van der Waals surface area (Å²) in [6, 6.07) is 8.76. The highest BCUT2D eigenvalue weighted by molar-refractivity contribution is 5.99. The van der Waals surface area contributed by atoms with E-state index in [1.165, 1.54) is 25.3 Å². The number of carbonyl (C=O) groups is 3. The number of nitrogens with one attached hydrogen (secondary N) is 2. The number of alkyl halides is 2. The molecule has 10 heteroatoms. The molecule has 43 heavy (non-hydrogen) atoms. The maximum atomic E-state index is 13.7. The average molecular weight is 599 g/mol. The number of benzene rings is 2. The fourth-order valence-electron chi connectivity index (χ4n) is 7.07. The minimum atomic E-state index is -2.63. The van der Waals surface area contributed by atoms with E-state index in [0.29, 0.717) is 55.0 Å². The van der Waals surface area contributed by atoms with Crippen molar-refractivity contribution in [1.82, 2.24) is 5.32 Å². The Balaban J connectivity index is 1.28. The maximum Gasteiger partial charge on any atom is 0.308 e. The van der Waals surface area contributed by atoms with Gasteiger partial charge in [-0.15, -0.1) is 0 Å². The molecule has 3 fully saturated rings. The van der Waals surface area contributed by atoms with E-state index < -0.39 is 18.4 Å². The normalized spacial score (nSPS) is 26.2. The zero-order valence-corrected chi connectivity index (χ0v) is 24.9. The monoisotopic (exact) mass is 598 g/mol. The van der Waals surface area contributed by atoms with Crippen LogP contribution in [0.3, 0.4) is 0 Å². The molecule has 0 spiro atoms. The molecule has 8 nitrogen and oxygen atoms in total. The number of aryl methyl sites for hydroxylation is 1. The van der Waals surface area contributed by atoms with Gasteiger partial charge in [0.1, 0.15) is 11.5 Å². The first-order valence-corrected chi connectivity index (χ1v) is 15.2. The van der Waals surface area contributed by atoms with Crippen molar-refractivity contribution in [1.29, 1.82) is 0 Å². The lowest BCUT2D eigenvalue weighted by Gasteiger charge is -2.31. The van der Waals surface area contributed by atoms with E-state index in [9.17, 15) is 23.2 Å². The van der Waals surface area contributed by atoms with Crippen LogP contribution in [0.1, 0.15) is 79.8 Å². The number of esters is 1. The van der Waals surface area contributed by atoms with Crippen LogP contribution in [-0.2, 0) is 14.3 Å². The Morgan fingerprint density at radius 2 is 1.72 bits per heavy atom. The summed E-state index contributed by atoms with van der Waals surface area (Å²) in [5.74, 6) is -0.137. The van der Waals surface area contributed by atoms with Gasteiger partial charge >= 0.3 is 5.97 Å². The first-order valence-electron chi connectivity index (χ1n) is 15.2. The van der Waals surface area contributed by atoms with E-state index in [0.717, 1.165) is 24.8 Å². The van der Waals surface area contributed by atoms with E-state index in [2.05, 4.69) is 10.6 Å². The molecule has 2 bridgehead atoms. The number of amides is 2. The summed E-state index contributed by atoms with van der Waals surface area (Å²) in [6.45, 7) is 4.06. The number of hydrogen-bond acceptors (Lipinski definition) is 6. The van der Waals surface area contributed by atoms with Gasteiger partial charge < -0.3 is 24.8 Å². The second-order valence-electron chi connectivity index (χ2n) is 11.9. The van der Waals surface area contributed by atoms with Crippen LogP contribution in [0, 0.1) is 30.6 Å². The zero-order chi connectivity index (χ0) is 30.7. The van der Waals surface area contributed by atoms with Crippen LogP contribution < -0.4 is 20.1 Å². The van der Waals surface area contributed by atoms with Crippen molar-refractivity contribution >= 4 is 23.5 Å². The smallest absolute Gasteiger partial charge is 0.308 e. The first-order chi connectivity index (χ1) is 20.7. The van der Waals surface area contributed by atoms with Crippen LogP contribution in [0.25, 0.3) is 0 Å². The number of fused-ring (bicyclic) bond motifs is 2. The lowest BCUT2D eigenvalue weighted by Crippen LogP contribution is -2.48. The molecule has 2 aromatic carbocycles. The van der Waals surface area contributed by atoms with Gasteiger partial charge in [-0.2, -0.15) is 0 Å². The minimum absolute atomic E-state index is 0.0871. The minimum Gasteiger partial charge on any atom is -0.496 e. The number of carbonyl (C=O) groups excluding carboxylic acids is 3. The molecule has 0 radical (unpaired) electrons. The molecule has 0 heterocycles. The third kappa shape index (κ3) is 6.78. The van der Waals surface area contributed by atoms with Crippen LogP contribution in [0.5, 0.6) is 11.5 Å². The standard InChI is InChI=1S/C33H40F2N2O6/c1-4-42-33(40)19-10-12-24(13-11-19)43-26-17-25(27(41-3)14-18(26)2)31(38)37-29-21-9-8-20(15-21)28(29)32(39)36-23-7-5-6-22(16-23)30(34)35/h5-7,14,16-17,19-21,24,28-30H,4,8-13,15H2,1-3H3,(H,36,39)(H,37,38)/t19?,20-,21+,24?,28+,29-/m1/s1. The highest BCUT2D eigenvalue weighted by Crippen LogP contribution is 2.49. The lowest BCUT2D eigenvalue weighted by atomic mass is 9.83. The molecule has 3 aliphatic carbocycles. The summed E-state index contributed by atoms with van der Waals surface area (Å²) in [4.78, 5) is 39.3. The van der Waals surface area contributed by atoms with Gasteiger partial charge in [-0.05, 0) is 100 Å². The highest BCUT2D eigenvalue weighted by atomic mass is 19.3. The summed E-state index contributed by atoms with van der Waals surface area (Å²) in [6.07, 6.45) is 2.69. The van der Waals surface area contributed by atoms with Crippen molar-refractivity contribution in [2.24, 2.45) is 23.7 Å². The van der Waals surface area contributed by atoms with Gasteiger partial charge in [0.25, 0.3) is 12.3 Å². The average Bonchev–Trinajstić information content (AvgIpc) is 3.60. The zero-order valence-electron chi connectivity index (χ0n) is 24.9. The van der Waals surface area contributed by atoms with E-state index in [-0.39, 0.29) is 47.2 Å². The van der Waals surface area contributed by atoms with Crippen LogP contribution in [0.2, 0.25) is 0 Å². The molecule has 0 unspecified atom stereocenters. The molecule has 0 aliphatic heterocycles. The topological polar surface area (TPSA) is 103 Å². The molecular weight excluding hydrogens is 558 g/mol. The number of hydrogen-bond donors (Lipinski definition) is 2. The van der Waals surface area contributed by atoms with E-state index in [1.54, 1.807) is 25.1 Å². The first kappa shape index (κ1) is 30.8. The van der Waals surface area contributed by atoms with E-state index in [4.69, 9.17) is 14.2 Å². The molecule has 3 aliphatic rings. The summed E-state index contributed by atoms with van der Waals surface area (Å²) < 4.78 is 43.4. The number of halogens is 2. The molecule has 2 aromatic rings. The number of anilines is 1. The quantitative estimate of drug-likeness (QED) is 0.315. The van der Waals surface area contributed by atoms with Gasteiger partial charge in [0, 0.05) is 17.3 Å². The Labute approximate surface area is 250 Å². The van der Waals surface area contributed by atoms with Gasteiger partial charge in [-0.25, -0.2) is 8.78 Å². The Hall–Kier alpha value is -3.69. The molecule has 3 saturated carbocycles. The predicted octanol–water partition coefficient (Wildman–Crippen LogP) is 6.23. The van der Waals surface area contributed by atoms with Gasteiger partial charge in [0.05, 0.1) is 37.2 Å². The van der Waals surface area contributed by atoms with Crippen LogP contribution in [0.4, 0.5) is 14.5 Å². The Morgan fingerprint density at radius 3 is 2.42 bits per heavy atom. The van der Waals surface area contributed by atoms with E-state index in [1.807, 2.05) is 6.92 Å². The number of ether oxygens (including phenoxy) is 3. The molecular formula is C33H40F2N2O6. The van der Waals surface area contributed by atoms with Gasteiger partial charge in [-0.3, -0.25) is 14.4 Å². The largest absolute Gasteiger partial charge is 0.496 e. The van der Waals surface area contributed by atoms with Gasteiger partial charge in [0.2, 0.25) is 5.91 Å². The van der Waals surface area contributed by atoms with Crippen LogP contribution in [0.15, 0.2) is 36.4 Å². The molecule has 0 aromatic heterocycles. The Morgan fingerprint density at radius 1 is 0.977 bits per heavy atom. The summed E-state index contributed by atoms with van der Waals surface area (Å²) in [7, 11) is 1.50. The van der Waals surface area contributed by atoms with E-state index >= 15 is 0 Å². The van der Waals surface area contributed by atoms with Crippen molar-refractivity contribution in [3.8, 4) is 11.5 Å². The Bertz CT molecular complexity index is 1340. The predicted molar refractivity (Wildman–Crippen MR) is 156 cm³/mol. The van der Waals surface area contributed by atoms with Crippen molar-refractivity contribution in [2.45, 2.75) is 77.4 Å². The molecule has 4 atom stereocenters. The fraction of sp³-hybridized carbons (Fsp3) is 0.545. The van der Waals surface area contributed by atoms with Gasteiger partial charge in [0.15, 0.2) is 0 Å². The third-order valence-electron chi connectivity index (χ3n) is 9.25. The molecule has 0 saturated heterocycles. The SMILES string of the molecule is CCOC(=O)C1CCC(Oc2cc(C(=O)N[C@@H]3[C@H]4CC[C@H](C4)[C@@H]3C(=O)Nc3cccc(C(F)F)c3)c(OC)cc2C)CC1. The Kier molecular flexibility index (Phi) is 9.52. The fourth-order valence-corrected chi connectivity index (χ4v) is 7.07. The van der Waals surface area contributed by atoms with Gasteiger partial charge in [-0.1, -0.05) is 12.1 Å². The number of rotatable bonds is 10.